The molecule has 13 heavy (non-hydrogen) atoms. The third-order valence-electron chi connectivity index (χ3n) is 1.68. The molecule has 2 nitrogen and oxygen atoms in total. The Morgan fingerprint density at radius 1 is 1.46 bits per heavy atom. The minimum absolute atomic E-state index is 0.172. The van der Waals surface area contributed by atoms with Crippen LogP contribution in [0.15, 0.2) is 10.5 Å². The van der Waals surface area contributed by atoms with Crippen molar-refractivity contribution in [2.75, 3.05) is 0 Å². The molecule has 0 atom stereocenters. The Balaban J connectivity index is 3.28. The van der Waals surface area contributed by atoms with Gasteiger partial charge in [0.15, 0.2) is 0 Å². The molecule has 0 amide bonds. The fourth-order valence-corrected chi connectivity index (χ4v) is 1.61. The standard InChI is InChI=1S/C8H8BrF2NO/c1-4-2-6(9)8(11)5(3-12-13)7(4)10/h2,12-13H,3H2,1H3. The van der Waals surface area contributed by atoms with E-state index in [1.54, 1.807) is 5.48 Å². The van der Waals surface area contributed by atoms with Crippen LogP contribution in [0.5, 0.6) is 0 Å². The number of rotatable bonds is 2. The quantitative estimate of drug-likeness (QED) is 0.626. The van der Waals surface area contributed by atoms with Crippen molar-refractivity contribution >= 4 is 15.9 Å². The van der Waals surface area contributed by atoms with Crippen molar-refractivity contribution in [1.29, 1.82) is 0 Å². The van der Waals surface area contributed by atoms with Gasteiger partial charge < -0.3 is 5.21 Å². The molecule has 1 aromatic rings. The number of halogens is 3. The summed E-state index contributed by atoms with van der Waals surface area (Å²) in [5.41, 5.74) is 1.88. The van der Waals surface area contributed by atoms with Crippen molar-refractivity contribution < 1.29 is 14.0 Å². The number of aryl methyl sites for hydroxylation is 1. The van der Waals surface area contributed by atoms with Gasteiger partial charge >= 0.3 is 0 Å². The molecule has 72 valence electrons. The summed E-state index contributed by atoms with van der Waals surface area (Å²) in [5.74, 6) is -1.33. The maximum atomic E-state index is 13.2. The van der Waals surface area contributed by atoms with Crippen LogP contribution in [0.3, 0.4) is 0 Å². The van der Waals surface area contributed by atoms with Gasteiger partial charge in [0.05, 0.1) is 11.0 Å². The van der Waals surface area contributed by atoms with E-state index in [4.69, 9.17) is 5.21 Å². The van der Waals surface area contributed by atoms with Gasteiger partial charge in [-0.1, -0.05) is 0 Å². The Morgan fingerprint density at radius 2 is 2.08 bits per heavy atom. The highest BCUT2D eigenvalue weighted by molar-refractivity contribution is 9.10. The lowest BCUT2D eigenvalue weighted by molar-refractivity contribution is 0.158. The molecule has 0 heterocycles. The van der Waals surface area contributed by atoms with E-state index in [0.717, 1.165) is 0 Å². The van der Waals surface area contributed by atoms with E-state index < -0.39 is 11.6 Å². The number of benzene rings is 1. The summed E-state index contributed by atoms with van der Waals surface area (Å²) in [6, 6.07) is 1.35. The molecule has 1 aromatic carbocycles. The molecule has 0 saturated carbocycles. The third-order valence-corrected chi connectivity index (χ3v) is 2.26. The molecule has 0 saturated heterocycles. The molecule has 0 fully saturated rings. The lowest BCUT2D eigenvalue weighted by atomic mass is 10.1. The zero-order valence-electron chi connectivity index (χ0n) is 6.87. The maximum absolute atomic E-state index is 13.2. The molecule has 1 rings (SSSR count). The van der Waals surface area contributed by atoms with Crippen molar-refractivity contribution in [2.45, 2.75) is 13.5 Å². The fraction of sp³-hybridized carbons (Fsp3) is 0.250. The average Bonchev–Trinajstić information content (AvgIpc) is 2.09. The predicted molar refractivity (Wildman–Crippen MR) is 47.4 cm³/mol. The molecule has 0 aliphatic rings. The Bertz CT molecular complexity index is 304. The molecule has 0 bridgehead atoms. The molecule has 0 unspecified atom stereocenters. The van der Waals surface area contributed by atoms with Crippen LogP contribution in [0.2, 0.25) is 0 Å². The molecule has 5 heteroatoms. The van der Waals surface area contributed by atoms with Gasteiger partial charge in [0, 0.05) is 5.56 Å². The van der Waals surface area contributed by atoms with E-state index in [2.05, 4.69) is 15.9 Å². The Morgan fingerprint density at radius 3 is 2.62 bits per heavy atom. The molecular formula is C8H8BrF2NO. The second-order valence-corrected chi connectivity index (χ2v) is 3.47. The van der Waals surface area contributed by atoms with Crippen molar-refractivity contribution in [3.05, 3.63) is 33.3 Å². The van der Waals surface area contributed by atoms with Gasteiger partial charge in [-0.25, -0.2) is 14.3 Å². The van der Waals surface area contributed by atoms with Crippen molar-refractivity contribution in [3.8, 4) is 0 Å². The highest BCUT2D eigenvalue weighted by atomic mass is 79.9. The first-order valence-corrected chi connectivity index (χ1v) is 4.37. The lowest BCUT2D eigenvalue weighted by Crippen LogP contribution is -2.11. The van der Waals surface area contributed by atoms with E-state index in [-0.39, 0.29) is 16.6 Å². The molecule has 0 aromatic heterocycles. The zero-order valence-corrected chi connectivity index (χ0v) is 8.45. The first-order chi connectivity index (χ1) is 6.07. The van der Waals surface area contributed by atoms with Crippen molar-refractivity contribution in [2.24, 2.45) is 0 Å². The lowest BCUT2D eigenvalue weighted by Gasteiger charge is -2.07. The topological polar surface area (TPSA) is 32.3 Å². The fourth-order valence-electron chi connectivity index (χ4n) is 1.03. The molecule has 0 aliphatic heterocycles. The minimum Gasteiger partial charge on any atom is -0.316 e. The van der Waals surface area contributed by atoms with Gasteiger partial charge in [-0.05, 0) is 34.5 Å². The van der Waals surface area contributed by atoms with Crippen LogP contribution in [0.4, 0.5) is 8.78 Å². The monoisotopic (exact) mass is 251 g/mol. The predicted octanol–water partition coefficient (Wildman–Crippen LogP) is 2.51. The molecule has 0 aliphatic carbocycles. The molecule has 0 spiro atoms. The van der Waals surface area contributed by atoms with E-state index in [0.29, 0.717) is 5.56 Å². The average molecular weight is 252 g/mol. The van der Waals surface area contributed by atoms with E-state index in [1.165, 1.54) is 13.0 Å². The van der Waals surface area contributed by atoms with Crippen LogP contribution in [0, 0.1) is 18.6 Å². The second kappa shape index (κ2) is 4.13. The summed E-state index contributed by atoms with van der Waals surface area (Å²) in [6.45, 7) is 1.28. The second-order valence-electron chi connectivity index (χ2n) is 2.62. The number of hydrogen-bond acceptors (Lipinski definition) is 2. The number of hydroxylamine groups is 1. The van der Waals surface area contributed by atoms with Gasteiger partial charge in [0.1, 0.15) is 11.6 Å². The van der Waals surface area contributed by atoms with Crippen molar-refractivity contribution in [3.63, 3.8) is 0 Å². The first-order valence-electron chi connectivity index (χ1n) is 3.58. The highest BCUT2D eigenvalue weighted by Crippen LogP contribution is 2.24. The normalized spacial score (nSPS) is 10.5. The summed E-state index contributed by atoms with van der Waals surface area (Å²) in [5, 5.41) is 8.35. The van der Waals surface area contributed by atoms with Crippen LogP contribution in [-0.2, 0) is 6.54 Å². The van der Waals surface area contributed by atoms with Crippen LogP contribution >= 0.6 is 15.9 Å². The van der Waals surface area contributed by atoms with Gasteiger partial charge in [-0.2, -0.15) is 0 Å². The summed E-state index contributed by atoms with van der Waals surface area (Å²) in [4.78, 5) is 0. The molecular weight excluding hydrogens is 244 g/mol. The SMILES string of the molecule is Cc1cc(Br)c(F)c(CNO)c1F. The Labute approximate surface area is 82.7 Å². The van der Waals surface area contributed by atoms with E-state index in [9.17, 15) is 8.78 Å². The number of hydrogen-bond donors (Lipinski definition) is 2. The van der Waals surface area contributed by atoms with Crippen molar-refractivity contribution in [1.82, 2.24) is 5.48 Å². The number of nitrogens with one attached hydrogen (secondary N) is 1. The van der Waals surface area contributed by atoms with Gasteiger partial charge in [0.2, 0.25) is 0 Å². The van der Waals surface area contributed by atoms with Crippen LogP contribution in [0.1, 0.15) is 11.1 Å². The van der Waals surface area contributed by atoms with Gasteiger partial charge in [-0.3, -0.25) is 0 Å². The van der Waals surface area contributed by atoms with Crippen LogP contribution in [-0.4, -0.2) is 5.21 Å². The smallest absolute Gasteiger partial charge is 0.144 e. The van der Waals surface area contributed by atoms with Crippen LogP contribution < -0.4 is 5.48 Å². The largest absolute Gasteiger partial charge is 0.316 e. The van der Waals surface area contributed by atoms with Gasteiger partial charge in [-0.15, -0.1) is 0 Å². The van der Waals surface area contributed by atoms with Crippen LogP contribution in [0.25, 0.3) is 0 Å². The maximum Gasteiger partial charge on any atom is 0.144 e. The summed E-state index contributed by atoms with van der Waals surface area (Å²) < 4.78 is 26.6. The zero-order chi connectivity index (χ0) is 10.0. The molecule has 2 N–H and O–H groups in total. The van der Waals surface area contributed by atoms with E-state index >= 15 is 0 Å². The van der Waals surface area contributed by atoms with E-state index in [1.807, 2.05) is 0 Å². The first kappa shape index (κ1) is 10.6. The summed E-state index contributed by atoms with van der Waals surface area (Å²) in [7, 11) is 0. The Hall–Kier alpha value is -0.520. The van der Waals surface area contributed by atoms with Gasteiger partial charge in [0.25, 0.3) is 0 Å². The summed E-state index contributed by atoms with van der Waals surface area (Å²) >= 11 is 2.95. The molecule has 0 radical (unpaired) electrons. The minimum atomic E-state index is -0.690. The Kier molecular flexibility index (Phi) is 3.35. The highest BCUT2D eigenvalue weighted by Gasteiger charge is 2.14. The third kappa shape index (κ3) is 2.04. The summed E-state index contributed by atoms with van der Waals surface area (Å²) in [6.07, 6.45) is 0.